The highest BCUT2D eigenvalue weighted by atomic mass is 31.0. The lowest BCUT2D eigenvalue weighted by atomic mass is 10.1. The lowest BCUT2D eigenvalue weighted by Gasteiger charge is -2.16. The SMILES string of the molecule is COc1cc(OCCCCC(=O)NCc2ccc(C)cc2)cc(OC)c1CNCCc1ccccc1.P. The molecule has 0 fully saturated rings. The van der Waals surface area contributed by atoms with E-state index in [0.717, 1.165) is 48.4 Å². The molecule has 0 radical (unpaired) electrons. The lowest BCUT2D eigenvalue weighted by molar-refractivity contribution is -0.121. The third kappa shape index (κ3) is 10.4. The minimum Gasteiger partial charge on any atom is -0.496 e. The first-order valence-electron chi connectivity index (χ1n) is 12.5. The molecule has 0 heterocycles. The molecule has 1 atom stereocenters. The van der Waals surface area contributed by atoms with Gasteiger partial charge in [-0.2, -0.15) is 9.90 Å². The summed E-state index contributed by atoms with van der Waals surface area (Å²) in [6.45, 7) is 4.62. The first-order valence-corrected chi connectivity index (χ1v) is 12.5. The van der Waals surface area contributed by atoms with E-state index in [4.69, 9.17) is 14.2 Å². The highest BCUT2D eigenvalue weighted by Crippen LogP contribution is 2.34. The standard InChI is InChI=1S/C30H38N2O4.H3P/c1-23-12-14-25(15-13-23)21-32-30(33)11-7-8-18-36-26-19-28(34-2)27(29(20-26)35-3)22-31-17-16-24-9-5-4-6-10-24;/h4-6,9-10,12-15,19-20,31H,7-8,11,16-18,21-22H2,1-3H3,(H,32,33);1H3. The molecule has 0 aliphatic rings. The van der Waals surface area contributed by atoms with Gasteiger partial charge < -0.3 is 24.8 Å². The molecule has 0 bridgehead atoms. The predicted octanol–water partition coefficient (Wildman–Crippen LogP) is 5.27. The van der Waals surface area contributed by atoms with Crippen molar-refractivity contribution in [1.29, 1.82) is 0 Å². The van der Waals surface area contributed by atoms with Crippen molar-refractivity contribution in [3.8, 4) is 17.2 Å². The molecule has 200 valence electrons. The summed E-state index contributed by atoms with van der Waals surface area (Å²) in [5, 5.41) is 6.45. The number of hydrogen-bond acceptors (Lipinski definition) is 5. The highest BCUT2D eigenvalue weighted by molar-refractivity contribution is 6.92. The van der Waals surface area contributed by atoms with E-state index >= 15 is 0 Å². The van der Waals surface area contributed by atoms with Crippen LogP contribution >= 0.6 is 9.90 Å². The van der Waals surface area contributed by atoms with Crippen LogP contribution in [0, 0.1) is 6.92 Å². The van der Waals surface area contributed by atoms with E-state index in [-0.39, 0.29) is 15.8 Å². The lowest BCUT2D eigenvalue weighted by Crippen LogP contribution is -2.22. The summed E-state index contributed by atoms with van der Waals surface area (Å²) in [6.07, 6.45) is 2.98. The molecule has 1 amide bonds. The second-order valence-electron chi connectivity index (χ2n) is 8.79. The van der Waals surface area contributed by atoms with E-state index in [0.29, 0.717) is 31.9 Å². The molecule has 0 aliphatic heterocycles. The molecule has 0 aromatic heterocycles. The summed E-state index contributed by atoms with van der Waals surface area (Å²) in [4.78, 5) is 12.1. The van der Waals surface area contributed by atoms with Gasteiger partial charge in [0.1, 0.15) is 17.2 Å². The summed E-state index contributed by atoms with van der Waals surface area (Å²) in [6, 6.07) is 22.4. The Morgan fingerprint density at radius 3 is 2.16 bits per heavy atom. The molecule has 3 rings (SSSR count). The number of methoxy groups -OCH3 is 2. The van der Waals surface area contributed by atoms with E-state index in [1.807, 2.05) is 30.3 Å². The van der Waals surface area contributed by atoms with E-state index < -0.39 is 0 Å². The van der Waals surface area contributed by atoms with Gasteiger partial charge in [0, 0.05) is 31.6 Å². The van der Waals surface area contributed by atoms with Crippen molar-refractivity contribution in [3.63, 3.8) is 0 Å². The van der Waals surface area contributed by atoms with E-state index in [2.05, 4.69) is 54.0 Å². The molecule has 6 nitrogen and oxygen atoms in total. The molecule has 2 N–H and O–H groups in total. The molecule has 3 aromatic carbocycles. The van der Waals surface area contributed by atoms with Crippen molar-refractivity contribution >= 4 is 15.8 Å². The van der Waals surface area contributed by atoms with Crippen LogP contribution in [0.3, 0.4) is 0 Å². The third-order valence-electron chi connectivity index (χ3n) is 5.99. The molecular weight excluding hydrogens is 483 g/mol. The normalized spacial score (nSPS) is 10.4. The van der Waals surface area contributed by atoms with Gasteiger partial charge in [-0.1, -0.05) is 60.2 Å². The smallest absolute Gasteiger partial charge is 0.220 e. The summed E-state index contributed by atoms with van der Waals surface area (Å²) in [7, 11) is 3.31. The van der Waals surface area contributed by atoms with Crippen LogP contribution in [0.5, 0.6) is 17.2 Å². The fourth-order valence-electron chi connectivity index (χ4n) is 3.88. The average Bonchev–Trinajstić information content (AvgIpc) is 2.91. The number of carbonyl (C=O) groups is 1. The van der Waals surface area contributed by atoms with Crippen molar-refractivity contribution in [1.82, 2.24) is 10.6 Å². The van der Waals surface area contributed by atoms with Gasteiger partial charge in [-0.15, -0.1) is 0 Å². The monoisotopic (exact) mass is 524 g/mol. The van der Waals surface area contributed by atoms with Crippen molar-refractivity contribution in [2.75, 3.05) is 27.4 Å². The zero-order valence-electron chi connectivity index (χ0n) is 22.3. The second kappa shape index (κ2) is 16.6. The third-order valence-corrected chi connectivity index (χ3v) is 5.99. The largest absolute Gasteiger partial charge is 0.496 e. The number of amides is 1. The van der Waals surface area contributed by atoms with Crippen molar-refractivity contribution in [2.45, 2.75) is 45.7 Å². The number of rotatable bonds is 15. The Hall–Kier alpha value is -3.08. The fourth-order valence-corrected chi connectivity index (χ4v) is 3.88. The molecule has 1 unspecified atom stereocenters. The topological polar surface area (TPSA) is 68.8 Å². The Balaban J connectivity index is 0.00000481. The van der Waals surface area contributed by atoms with Gasteiger partial charge >= 0.3 is 0 Å². The van der Waals surface area contributed by atoms with Gasteiger partial charge in [0.15, 0.2) is 0 Å². The molecule has 0 saturated heterocycles. The van der Waals surface area contributed by atoms with Crippen molar-refractivity contribution < 1.29 is 19.0 Å². The summed E-state index contributed by atoms with van der Waals surface area (Å²) in [5.41, 5.74) is 4.59. The van der Waals surface area contributed by atoms with Gasteiger partial charge in [-0.25, -0.2) is 0 Å². The maximum Gasteiger partial charge on any atom is 0.220 e. The number of unbranched alkanes of at least 4 members (excludes halogenated alkanes) is 1. The quantitative estimate of drug-likeness (QED) is 0.210. The van der Waals surface area contributed by atoms with E-state index in [1.165, 1.54) is 11.1 Å². The van der Waals surface area contributed by atoms with Crippen molar-refractivity contribution in [2.24, 2.45) is 0 Å². The Labute approximate surface area is 224 Å². The van der Waals surface area contributed by atoms with Crippen molar-refractivity contribution in [3.05, 3.63) is 89.0 Å². The first kappa shape index (κ1) is 30.1. The minimum atomic E-state index is 0. The van der Waals surface area contributed by atoms with Crippen LogP contribution in [-0.4, -0.2) is 33.3 Å². The molecule has 3 aromatic rings. The van der Waals surface area contributed by atoms with E-state index in [9.17, 15) is 4.79 Å². The van der Waals surface area contributed by atoms with Crippen LogP contribution in [0.15, 0.2) is 66.7 Å². The number of aryl methyl sites for hydroxylation is 1. The van der Waals surface area contributed by atoms with Gasteiger partial charge in [0.2, 0.25) is 5.91 Å². The summed E-state index contributed by atoms with van der Waals surface area (Å²) >= 11 is 0. The number of benzene rings is 3. The number of ether oxygens (including phenoxy) is 3. The first-order chi connectivity index (χ1) is 17.6. The summed E-state index contributed by atoms with van der Waals surface area (Å²) < 4.78 is 17.2. The summed E-state index contributed by atoms with van der Waals surface area (Å²) in [5.74, 6) is 2.21. The predicted molar refractivity (Wildman–Crippen MR) is 155 cm³/mol. The minimum absolute atomic E-state index is 0. The second-order valence-corrected chi connectivity index (χ2v) is 8.79. The fraction of sp³-hybridized carbons (Fsp3) is 0.367. The zero-order chi connectivity index (χ0) is 25.6. The van der Waals surface area contributed by atoms with Gasteiger partial charge in [0.25, 0.3) is 0 Å². The molecular formula is C30H41N2O4P. The Kier molecular flexibility index (Phi) is 13.5. The number of carbonyl (C=O) groups excluding carboxylic acids is 1. The van der Waals surface area contributed by atoms with Crippen LogP contribution < -0.4 is 24.8 Å². The Morgan fingerprint density at radius 1 is 0.838 bits per heavy atom. The van der Waals surface area contributed by atoms with Crippen LogP contribution in [0.2, 0.25) is 0 Å². The Bertz CT molecular complexity index is 1050. The van der Waals surface area contributed by atoms with Crippen LogP contribution in [0.4, 0.5) is 0 Å². The Morgan fingerprint density at radius 2 is 1.51 bits per heavy atom. The number of nitrogens with one attached hydrogen (secondary N) is 2. The average molecular weight is 525 g/mol. The molecule has 0 aliphatic carbocycles. The maximum absolute atomic E-state index is 12.1. The van der Waals surface area contributed by atoms with Crippen LogP contribution in [0.1, 0.15) is 41.5 Å². The molecule has 37 heavy (non-hydrogen) atoms. The highest BCUT2D eigenvalue weighted by Gasteiger charge is 2.13. The number of hydrogen-bond donors (Lipinski definition) is 2. The van der Waals surface area contributed by atoms with Crippen LogP contribution in [0.25, 0.3) is 0 Å². The van der Waals surface area contributed by atoms with Gasteiger partial charge in [-0.3, -0.25) is 4.79 Å². The molecule has 7 heteroatoms. The maximum atomic E-state index is 12.1. The molecule has 0 spiro atoms. The van der Waals surface area contributed by atoms with Gasteiger partial charge in [0.05, 0.1) is 26.4 Å². The molecule has 0 saturated carbocycles. The van der Waals surface area contributed by atoms with Crippen LogP contribution in [-0.2, 0) is 24.3 Å². The zero-order valence-corrected chi connectivity index (χ0v) is 23.8. The van der Waals surface area contributed by atoms with E-state index in [1.54, 1.807) is 14.2 Å². The van der Waals surface area contributed by atoms with Gasteiger partial charge in [-0.05, 0) is 43.9 Å².